The molecule has 1 aliphatic heterocycles. The van der Waals surface area contributed by atoms with Crippen molar-refractivity contribution < 1.29 is 23.9 Å². The minimum absolute atomic E-state index is 0.124. The number of rotatable bonds is 8. The summed E-state index contributed by atoms with van der Waals surface area (Å²) in [7, 11) is 0. The summed E-state index contributed by atoms with van der Waals surface area (Å²) < 4.78 is 11.3. The molecule has 0 radical (unpaired) electrons. The van der Waals surface area contributed by atoms with Gasteiger partial charge in [0.1, 0.15) is 0 Å². The number of carbonyl (C=O) groups excluding carboxylic acids is 3. The Labute approximate surface area is 298 Å². The Kier molecular flexibility index (Phi) is 13.5. The number of nitrogen functional groups attached to an aromatic ring is 1. The van der Waals surface area contributed by atoms with Crippen molar-refractivity contribution in [3.05, 3.63) is 81.3 Å². The Morgan fingerprint density at radius 1 is 0.633 bits per heavy atom. The van der Waals surface area contributed by atoms with Crippen molar-refractivity contribution in [1.29, 1.82) is 0 Å². The van der Waals surface area contributed by atoms with Gasteiger partial charge >= 0.3 is 0 Å². The van der Waals surface area contributed by atoms with Gasteiger partial charge < -0.3 is 31.2 Å². The molecule has 0 saturated heterocycles. The normalized spacial score (nSPS) is 16.4. The summed E-state index contributed by atoms with van der Waals surface area (Å²) in [5, 5.41) is 9.79. The van der Waals surface area contributed by atoms with Crippen molar-refractivity contribution in [3.8, 4) is 11.5 Å². The third-order valence-corrected chi connectivity index (χ3v) is 9.77. The molecular weight excluding hydrogens is 663 g/mol. The predicted molar refractivity (Wildman–Crippen MR) is 195 cm³/mol. The lowest BCUT2D eigenvalue weighted by atomic mass is 9.89. The molecule has 2 aliphatic carbocycles. The molecule has 11 heteroatoms. The number of carbonyl (C=O) groups is 3. The number of fused-ring (bicyclic) bond motifs is 1. The van der Waals surface area contributed by atoms with Gasteiger partial charge in [0.2, 0.25) is 0 Å². The molecule has 3 amide bonds. The predicted octanol–water partition coefficient (Wildman–Crippen LogP) is 8.30. The van der Waals surface area contributed by atoms with Crippen LogP contribution in [0.5, 0.6) is 11.5 Å². The van der Waals surface area contributed by atoms with Gasteiger partial charge in [0.15, 0.2) is 11.5 Å². The van der Waals surface area contributed by atoms with E-state index in [2.05, 4.69) is 16.0 Å². The Balaban J connectivity index is 0.000000221. The number of hydrogen-bond acceptors (Lipinski definition) is 6. The number of anilines is 2. The van der Waals surface area contributed by atoms with E-state index in [4.69, 9.17) is 38.4 Å². The number of nitrogens with one attached hydrogen (secondary N) is 3. The second-order valence-electron chi connectivity index (χ2n) is 13.0. The van der Waals surface area contributed by atoms with Crippen LogP contribution < -0.4 is 31.2 Å². The van der Waals surface area contributed by atoms with Gasteiger partial charge in [0.05, 0.1) is 30.0 Å². The lowest BCUT2D eigenvalue weighted by Gasteiger charge is -2.22. The molecule has 3 aromatic rings. The molecule has 262 valence electrons. The quantitative estimate of drug-likeness (QED) is 0.174. The lowest BCUT2D eigenvalue weighted by Crippen LogP contribution is -2.31. The maximum Gasteiger partial charge on any atom is 0.255 e. The molecule has 49 heavy (non-hydrogen) atoms. The fraction of sp³-hybridized carbons (Fsp3) is 0.447. The highest BCUT2D eigenvalue weighted by atomic mass is 35.5. The maximum atomic E-state index is 12.9. The van der Waals surface area contributed by atoms with Gasteiger partial charge in [-0.05, 0) is 92.1 Å². The van der Waals surface area contributed by atoms with Crippen molar-refractivity contribution in [2.45, 2.75) is 70.6 Å². The summed E-state index contributed by atoms with van der Waals surface area (Å²) in [6.45, 7) is 2.51. The van der Waals surface area contributed by atoms with Crippen LogP contribution in [-0.4, -0.2) is 44.0 Å². The summed E-state index contributed by atoms with van der Waals surface area (Å²) in [6, 6.07) is 14.9. The van der Waals surface area contributed by atoms with E-state index >= 15 is 0 Å². The second kappa shape index (κ2) is 18.2. The minimum atomic E-state index is -0.334. The Bertz CT molecular complexity index is 1600. The van der Waals surface area contributed by atoms with Gasteiger partial charge in [0.25, 0.3) is 17.7 Å². The highest BCUT2D eigenvalue weighted by Crippen LogP contribution is 2.31. The fourth-order valence-corrected chi connectivity index (χ4v) is 6.83. The Morgan fingerprint density at radius 2 is 1.18 bits per heavy atom. The molecule has 1 heterocycles. The number of hydrogen-bond donors (Lipinski definition) is 4. The SMILES string of the molecule is Nc1ccc(Cl)cc1C(=O)NCC1CCCCC1.O=C(Nc1ccc(Cl)cc1C(=O)NCC1CCCCC1)c1ccc2c(c1)OCCCO2. The summed E-state index contributed by atoms with van der Waals surface area (Å²) >= 11 is 12.0. The fourth-order valence-electron chi connectivity index (χ4n) is 6.48. The summed E-state index contributed by atoms with van der Waals surface area (Å²) in [4.78, 5) is 37.7. The zero-order chi connectivity index (χ0) is 34.6. The van der Waals surface area contributed by atoms with Crippen molar-refractivity contribution in [1.82, 2.24) is 10.6 Å². The summed E-state index contributed by atoms with van der Waals surface area (Å²) in [5.41, 5.74) is 7.92. The van der Waals surface area contributed by atoms with Crippen molar-refractivity contribution in [2.75, 3.05) is 37.4 Å². The van der Waals surface area contributed by atoms with Crippen molar-refractivity contribution in [3.63, 3.8) is 0 Å². The van der Waals surface area contributed by atoms with Gasteiger partial charge in [-0.1, -0.05) is 61.7 Å². The first-order valence-corrected chi connectivity index (χ1v) is 18.1. The Hall–Kier alpha value is -3.95. The van der Waals surface area contributed by atoms with E-state index in [0.717, 1.165) is 25.8 Å². The van der Waals surface area contributed by atoms with E-state index in [0.29, 0.717) is 81.2 Å². The molecule has 3 aliphatic rings. The zero-order valence-corrected chi connectivity index (χ0v) is 29.3. The van der Waals surface area contributed by atoms with Crippen LogP contribution in [0.25, 0.3) is 0 Å². The average Bonchev–Trinajstić information content (AvgIpc) is 3.37. The third kappa shape index (κ3) is 10.8. The molecule has 0 unspecified atom stereocenters. The van der Waals surface area contributed by atoms with Gasteiger partial charge in [-0.2, -0.15) is 0 Å². The van der Waals surface area contributed by atoms with Crippen molar-refractivity contribution >= 4 is 52.3 Å². The highest BCUT2D eigenvalue weighted by molar-refractivity contribution is 6.31. The molecule has 2 saturated carbocycles. The van der Waals surface area contributed by atoms with E-state index in [1.807, 2.05) is 0 Å². The van der Waals surface area contributed by atoms with E-state index in [-0.39, 0.29) is 17.7 Å². The van der Waals surface area contributed by atoms with Crippen LogP contribution in [0.15, 0.2) is 54.6 Å². The first-order chi connectivity index (χ1) is 23.8. The number of ether oxygens (including phenoxy) is 2. The van der Waals surface area contributed by atoms with E-state index < -0.39 is 0 Å². The highest BCUT2D eigenvalue weighted by Gasteiger charge is 2.20. The number of halogens is 2. The smallest absolute Gasteiger partial charge is 0.255 e. The molecule has 5 N–H and O–H groups in total. The molecular formula is C38H46Cl2N4O5. The van der Waals surface area contributed by atoms with Crippen LogP contribution >= 0.6 is 23.2 Å². The monoisotopic (exact) mass is 708 g/mol. The van der Waals surface area contributed by atoms with E-state index in [1.165, 1.54) is 51.4 Å². The van der Waals surface area contributed by atoms with E-state index in [9.17, 15) is 14.4 Å². The van der Waals surface area contributed by atoms with Crippen molar-refractivity contribution in [2.24, 2.45) is 11.8 Å². The van der Waals surface area contributed by atoms with Gasteiger partial charge in [0, 0.05) is 40.8 Å². The second-order valence-corrected chi connectivity index (χ2v) is 13.9. The molecule has 2 fully saturated rings. The molecule has 0 spiro atoms. The third-order valence-electron chi connectivity index (χ3n) is 9.30. The largest absolute Gasteiger partial charge is 0.490 e. The zero-order valence-electron chi connectivity index (χ0n) is 27.8. The van der Waals surface area contributed by atoms with E-state index in [1.54, 1.807) is 54.6 Å². The van der Waals surface area contributed by atoms with Crippen LogP contribution in [0.4, 0.5) is 11.4 Å². The van der Waals surface area contributed by atoms with Gasteiger partial charge in [-0.15, -0.1) is 0 Å². The van der Waals surface area contributed by atoms with Crippen LogP contribution in [0.1, 0.15) is 102 Å². The molecule has 0 atom stereocenters. The molecule has 0 bridgehead atoms. The summed E-state index contributed by atoms with van der Waals surface area (Å²) in [5.74, 6) is 1.61. The first kappa shape index (κ1) is 36.3. The lowest BCUT2D eigenvalue weighted by molar-refractivity contribution is 0.0936. The topological polar surface area (TPSA) is 132 Å². The standard InChI is InChI=1S/C24H27ClN2O4.C14H19ClN2O/c25-18-8-9-20(19(14-18)24(29)26-15-16-5-2-1-3-6-16)27-23(28)17-7-10-21-22(13-17)31-12-4-11-30-21;15-11-6-7-13(16)12(8-11)14(18)17-9-10-4-2-1-3-5-10/h7-10,13-14,16H,1-6,11-12,15H2,(H,26,29)(H,27,28);6-8,10H,1-5,9,16H2,(H,17,18). The van der Waals surface area contributed by atoms with Gasteiger partial charge in [-0.25, -0.2) is 0 Å². The minimum Gasteiger partial charge on any atom is -0.490 e. The average molecular weight is 710 g/mol. The molecule has 0 aromatic heterocycles. The van der Waals surface area contributed by atoms with Gasteiger partial charge in [-0.3, -0.25) is 14.4 Å². The van der Waals surface area contributed by atoms with Crippen LogP contribution in [0.3, 0.4) is 0 Å². The number of amides is 3. The molecule has 3 aromatic carbocycles. The van der Waals surface area contributed by atoms with Crippen LogP contribution in [-0.2, 0) is 0 Å². The maximum absolute atomic E-state index is 12.9. The van der Waals surface area contributed by atoms with Crippen LogP contribution in [0, 0.1) is 11.8 Å². The number of nitrogens with two attached hydrogens (primary N) is 1. The number of benzene rings is 3. The first-order valence-electron chi connectivity index (χ1n) is 17.4. The Morgan fingerprint density at radius 3 is 1.82 bits per heavy atom. The molecule has 9 nitrogen and oxygen atoms in total. The summed E-state index contributed by atoms with van der Waals surface area (Å²) in [6.07, 6.45) is 13.1. The van der Waals surface area contributed by atoms with Crippen LogP contribution in [0.2, 0.25) is 10.0 Å². The molecule has 6 rings (SSSR count).